The number of halogens is 1. The molecule has 3 N–H and O–H groups in total. The number of nitrogens with zero attached hydrogens (tertiary/aromatic N) is 2. The van der Waals surface area contributed by atoms with Gasteiger partial charge in [-0.05, 0) is 70.4 Å². The number of rotatable bonds is 9. The Morgan fingerprint density at radius 1 is 1.25 bits per heavy atom. The number of fused-ring (bicyclic) bond motifs is 4. The molecule has 15 heteroatoms. The van der Waals surface area contributed by atoms with Gasteiger partial charge in [0.1, 0.15) is 23.0 Å². The minimum Gasteiger partial charge on any atom is -0.495 e. The Kier molecular flexibility index (Phi) is 15.5. The zero-order valence-electron chi connectivity index (χ0n) is 31.8. The number of ether oxygens (including phenoxy) is 5. The Bertz CT molecular complexity index is 1490. The number of benzene rings is 1. The molecule has 0 aliphatic carbocycles. The SMILES string of the molecule is COc1cc2cc(c1Cl)N(C)C(=O)CC(OC(O)[C@H](C)N(C)C(=O)CCC(C)S)C(C)(C)OC(C)C1CC(O)(NC(=O)O1)C(OC)/C=C/C=C(\C)C2. The van der Waals surface area contributed by atoms with Gasteiger partial charge in [-0.25, -0.2) is 4.79 Å². The summed E-state index contributed by atoms with van der Waals surface area (Å²) in [6, 6.07) is 2.80. The minimum absolute atomic E-state index is 0.0233. The first-order chi connectivity index (χ1) is 24.2. The van der Waals surface area contributed by atoms with Gasteiger partial charge in [0.15, 0.2) is 12.0 Å². The van der Waals surface area contributed by atoms with E-state index < -0.39 is 60.1 Å². The third-order valence-corrected chi connectivity index (χ3v) is 10.3. The third kappa shape index (κ3) is 11.1. The van der Waals surface area contributed by atoms with Gasteiger partial charge in [0.05, 0.1) is 43.1 Å². The molecule has 8 atom stereocenters. The lowest BCUT2D eigenvalue weighted by molar-refractivity contribution is -0.239. The molecular weight excluding hydrogens is 714 g/mol. The average molecular weight is 770 g/mol. The molecule has 3 rings (SSSR count). The summed E-state index contributed by atoms with van der Waals surface area (Å²) in [7, 11) is 6.08. The van der Waals surface area contributed by atoms with E-state index in [4.69, 9.17) is 35.3 Å². The molecule has 4 bridgehead atoms. The maximum Gasteiger partial charge on any atom is 0.409 e. The van der Waals surface area contributed by atoms with Crippen molar-refractivity contribution in [3.63, 3.8) is 0 Å². The number of likely N-dealkylation sites (N-methyl/N-ethyl adjacent to an activating group) is 1. The number of carbonyl (C=O) groups is 3. The number of aliphatic hydroxyl groups is 2. The summed E-state index contributed by atoms with van der Waals surface area (Å²) in [6.07, 6.45) is -0.135. The van der Waals surface area contributed by atoms with Crippen LogP contribution in [0.2, 0.25) is 5.02 Å². The van der Waals surface area contributed by atoms with Crippen LogP contribution < -0.4 is 15.0 Å². The number of anilines is 1. The number of hydrogen-bond acceptors (Lipinski definition) is 11. The predicted molar refractivity (Wildman–Crippen MR) is 202 cm³/mol. The first kappa shape index (κ1) is 43.6. The van der Waals surface area contributed by atoms with Crippen LogP contribution in [0.25, 0.3) is 0 Å². The molecule has 1 saturated heterocycles. The minimum atomic E-state index is -1.85. The fourth-order valence-electron chi connectivity index (χ4n) is 6.19. The molecule has 52 heavy (non-hydrogen) atoms. The molecule has 2 heterocycles. The standard InChI is InChI=1S/C37H56ClN3O10S/c1-21-12-11-13-29(48-10)37(46)20-28(49-35(45)39-37)24(4)51-36(5,6)30(50-34(44)23(3)40(7)31(42)15-14-22(2)52)19-32(43)41(8)26-17-25(16-21)18-27(47-9)33(26)38/h11-13,17-18,22-24,28-30,34,44,46,52H,14-16,19-20H2,1-10H3,(H,39,45)/b13-11+,21-12+/t22?,23-,24?,28?,29?,30?,34?,37?/m0/s1. The Balaban J connectivity index is 2.09. The fourth-order valence-corrected chi connectivity index (χ4v) is 6.63. The lowest BCUT2D eigenvalue weighted by atomic mass is 9.93. The van der Waals surface area contributed by atoms with Crippen LogP contribution in [-0.2, 0) is 35.0 Å². The lowest BCUT2D eigenvalue weighted by Gasteiger charge is -2.44. The molecular formula is C37H56ClN3O10S. The summed E-state index contributed by atoms with van der Waals surface area (Å²) in [5, 5.41) is 25.8. The van der Waals surface area contributed by atoms with E-state index in [1.165, 1.54) is 24.0 Å². The summed E-state index contributed by atoms with van der Waals surface area (Å²) in [5.74, 6) is -0.238. The van der Waals surface area contributed by atoms with Crippen LogP contribution in [0, 0.1) is 0 Å². The van der Waals surface area contributed by atoms with Gasteiger partial charge in [0.25, 0.3) is 0 Å². The van der Waals surface area contributed by atoms with Gasteiger partial charge in [-0.15, -0.1) is 0 Å². The van der Waals surface area contributed by atoms with Gasteiger partial charge in [-0.3, -0.25) is 14.9 Å². The van der Waals surface area contributed by atoms with Crippen LogP contribution >= 0.6 is 24.2 Å². The summed E-state index contributed by atoms with van der Waals surface area (Å²) in [4.78, 5) is 42.6. The molecule has 0 aromatic heterocycles. The molecule has 0 radical (unpaired) electrons. The molecule has 2 aliphatic heterocycles. The quantitative estimate of drug-likeness (QED) is 0.204. The maximum atomic E-state index is 14.1. The van der Waals surface area contributed by atoms with Crippen LogP contribution in [0.5, 0.6) is 5.75 Å². The second kappa shape index (κ2) is 18.5. The maximum absolute atomic E-state index is 14.1. The number of allylic oxidation sites excluding steroid dienone is 3. The second-order valence-corrected chi connectivity index (χ2v) is 15.6. The summed E-state index contributed by atoms with van der Waals surface area (Å²) in [5.41, 5.74) is -1.02. The zero-order chi connectivity index (χ0) is 39.1. The molecule has 1 aromatic rings. The third-order valence-electron chi connectivity index (χ3n) is 9.64. The van der Waals surface area contributed by atoms with Crippen molar-refractivity contribution in [2.75, 3.05) is 33.2 Å². The Hall–Kier alpha value is -2.85. The van der Waals surface area contributed by atoms with Crippen LogP contribution in [0.4, 0.5) is 10.5 Å². The summed E-state index contributed by atoms with van der Waals surface area (Å²) < 4.78 is 29.5. The smallest absolute Gasteiger partial charge is 0.409 e. The van der Waals surface area contributed by atoms with E-state index in [0.717, 1.165) is 11.1 Å². The fraction of sp³-hybridized carbons (Fsp3) is 0.649. The molecule has 1 fully saturated rings. The molecule has 3 amide bonds. The highest BCUT2D eigenvalue weighted by atomic mass is 35.5. The van der Waals surface area contributed by atoms with Crippen molar-refractivity contribution < 1.29 is 48.3 Å². The monoisotopic (exact) mass is 769 g/mol. The number of hydrogen-bond donors (Lipinski definition) is 4. The topological polar surface area (TPSA) is 156 Å². The molecule has 292 valence electrons. The number of aliphatic hydroxyl groups excluding tert-OH is 1. The van der Waals surface area contributed by atoms with E-state index in [1.54, 1.807) is 66.1 Å². The van der Waals surface area contributed by atoms with Gasteiger partial charge in [-0.2, -0.15) is 12.6 Å². The van der Waals surface area contributed by atoms with Crippen LogP contribution in [0.1, 0.15) is 72.8 Å². The Morgan fingerprint density at radius 2 is 1.92 bits per heavy atom. The normalized spacial score (nSPS) is 29.1. The van der Waals surface area contributed by atoms with E-state index in [0.29, 0.717) is 24.3 Å². The van der Waals surface area contributed by atoms with Crippen molar-refractivity contribution in [2.24, 2.45) is 0 Å². The van der Waals surface area contributed by atoms with Gasteiger partial charge < -0.3 is 43.7 Å². The van der Waals surface area contributed by atoms with Crippen LogP contribution in [0.3, 0.4) is 0 Å². The van der Waals surface area contributed by atoms with Crippen molar-refractivity contribution in [2.45, 2.75) is 127 Å². The molecule has 1 aromatic carbocycles. The average Bonchev–Trinajstić information content (AvgIpc) is 3.07. The van der Waals surface area contributed by atoms with Gasteiger partial charge in [-0.1, -0.05) is 42.3 Å². The number of alkyl carbamates (subject to hydrolysis) is 1. The van der Waals surface area contributed by atoms with Gasteiger partial charge >= 0.3 is 6.09 Å². The second-order valence-electron chi connectivity index (χ2n) is 14.3. The number of amides is 3. The van der Waals surface area contributed by atoms with Crippen molar-refractivity contribution in [1.82, 2.24) is 10.2 Å². The molecule has 2 aliphatic rings. The van der Waals surface area contributed by atoms with Crippen molar-refractivity contribution in [1.29, 1.82) is 0 Å². The number of thiol groups is 1. The molecule has 7 unspecified atom stereocenters. The number of carbonyl (C=O) groups excluding carboxylic acids is 3. The van der Waals surface area contributed by atoms with E-state index in [1.807, 2.05) is 19.9 Å². The van der Waals surface area contributed by atoms with Crippen molar-refractivity contribution in [3.8, 4) is 5.75 Å². The highest BCUT2D eigenvalue weighted by Crippen LogP contribution is 2.38. The largest absolute Gasteiger partial charge is 0.495 e. The Labute approximate surface area is 318 Å². The molecule has 0 saturated carbocycles. The zero-order valence-corrected chi connectivity index (χ0v) is 33.5. The van der Waals surface area contributed by atoms with Crippen LogP contribution in [-0.4, -0.2) is 115 Å². The van der Waals surface area contributed by atoms with E-state index in [9.17, 15) is 24.6 Å². The summed E-state index contributed by atoms with van der Waals surface area (Å²) in [6.45, 7) is 10.5. The highest BCUT2D eigenvalue weighted by molar-refractivity contribution is 7.80. The predicted octanol–water partition coefficient (Wildman–Crippen LogP) is 4.79. The molecule has 0 spiro atoms. The van der Waals surface area contributed by atoms with Crippen LogP contribution in [0.15, 0.2) is 35.9 Å². The van der Waals surface area contributed by atoms with E-state index in [2.05, 4.69) is 17.9 Å². The van der Waals surface area contributed by atoms with Gasteiger partial charge in [0.2, 0.25) is 11.8 Å². The van der Waals surface area contributed by atoms with Crippen molar-refractivity contribution in [3.05, 3.63) is 46.5 Å². The summed E-state index contributed by atoms with van der Waals surface area (Å²) >= 11 is 11.1. The molecule has 13 nitrogen and oxygen atoms in total. The van der Waals surface area contributed by atoms with Gasteiger partial charge in [0, 0.05) is 34.0 Å². The van der Waals surface area contributed by atoms with E-state index in [-0.39, 0.29) is 35.4 Å². The Morgan fingerprint density at radius 3 is 2.54 bits per heavy atom. The van der Waals surface area contributed by atoms with E-state index >= 15 is 0 Å². The number of methoxy groups -OCH3 is 2. The van der Waals surface area contributed by atoms with Crippen molar-refractivity contribution >= 4 is 47.8 Å². The first-order valence-electron chi connectivity index (χ1n) is 17.4. The lowest BCUT2D eigenvalue weighted by Crippen LogP contribution is -2.64. The first-order valence-corrected chi connectivity index (χ1v) is 18.3. The number of nitrogens with one attached hydrogen (secondary N) is 1. The highest BCUT2D eigenvalue weighted by Gasteiger charge is 2.48.